The van der Waals surface area contributed by atoms with Crippen LogP contribution in [0, 0.1) is 17.7 Å². The maximum atomic E-state index is 13.4. The van der Waals surface area contributed by atoms with Crippen molar-refractivity contribution in [2.45, 2.75) is 40.2 Å². The lowest BCUT2D eigenvalue weighted by molar-refractivity contribution is 0.209. The number of hydrogen-bond donors (Lipinski definition) is 1. The van der Waals surface area contributed by atoms with Gasteiger partial charge in [-0.25, -0.2) is 4.39 Å². The lowest BCUT2D eigenvalue weighted by Gasteiger charge is -2.28. The standard InChI is InChI=1S/C18H31FN2/c1-14(2)12-21(13-15(3)4)10-9-18(20-5)16-7-6-8-17(19)11-16/h6-8,11,14-15,18,20H,9-10,12-13H2,1-5H3. The zero-order chi connectivity index (χ0) is 15.8. The fourth-order valence-corrected chi connectivity index (χ4v) is 2.80. The van der Waals surface area contributed by atoms with Crippen molar-refractivity contribution in [2.24, 2.45) is 11.8 Å². The summed E-state index contributed by atoms with van der Waals surface area (Å²) in [6.07, 6.45) is 0.999. The van der Waals surface area contributed by atoms with Crippen molar-refractivity contribution in [3.05, 3.63) is 35.6 Å². The van der Waals surface area contributed by atoms with Crippen LogP contribution in [0.15, 0.2) is 24.3 Å². The summed E-state index contributed by atoms with van der Waals surface area (Å²) in [6.45, 7) is 12.3. The third-order valence-electron chi connectivity index (χ3n) is 3.58. The maximum Gasteiger partial charge on any atom is 0.123 e. The van der Waals surface area contributed by atoms with E-state index in [2.05, 4.69) is 37.9 Å². The molecule has 3 heteroatoms. The Bertz CT molecular complexity index is 394. The summed E-state index contributed by atoms with van der Waals surface area (Å²) in [7, 11) is 1.95. The average molecular weight is 294 g/mol. The van der Waals surface area contributed by atoms with Crippen LogP contribution in [-0.2, 0) is 0 Å². The quantitative estimate of drug-likeness (QED) is 0.738. The van der Waals surface area contributed by atoms with E-state index in [4.69, 9.17) is 0 Å². The van der Waals surface area contributed by atoms with E-state index in [9.17, 15) is 4.39 Å². The molecule has 0 saturated carbocycles. The number of nitrogens with zero attached hydrogens (tertiary/aromatic N) is 1. The summed E-state index contributed by atoms with van der Waals surface area (Å²) < 4.78 is 13.4. The molecule has 1 N–H and O–H groups in total. The van der Waals surface area contributed by atoms with Gasteiger partial charge in [-0.15, -0.1) is 0 Å². The fraction of sp³-hybridized carbons (Fsp3) is 0.667. The second kappa shape index (κ2) is 9.16. The van der Waals surface area contributed by atoms with E-state index in [-0.39, 0.29) is 11.9 Å². The van der Waals surface area contributed by atoms with E-state index in [1.54, 1.807) is 12.1 Å². The highest BCUT2D eigenvalue weighted by Gasteiger charge is 2.14. The number of hydrogen-bond acceptors (Lipinski definition) is 2. The van der Waals surface area contributed by atoms with Gasteiger partial charge in [-0.3, -0.25) is 0 Å². The highest BCUT2D eigenvalue weighted by molar-refractivity contribution is 5.20. The van der Waals surface area contributed by atoms with Crippen LogP contribution in [0.4, 0.5) is 4.39 Å². The summed E-state index contributed by atoms with van der Waals surface area (Å²) in [5.74, 6) is 1.19. The van der Waals surface area contributed by atoms with Crippen LogP contribution in [0.1, 0.15) is 45.7 Å². The average Bonchev–Trinajstić information content (AvgIpc) is 2.38. The van der Waals surface area contributed by atoms with Gasteiger partial charge in [0.2, 0.25) is 0 Å². The summed E-state index contributed by atoms with van der Waals surface area (Å²) in [5.41, 5.74) is 1.03. The van der Waals surface area contributed by atoms with E-state index < -0.39 is 0 Å². The predicted octanol–water partition coefficient (Wildman–Crippen LogP) is 4.09. The van der Waals surface area contributed by atoms with Crippen molar-refractivity contribution in [2.75, 3.05) is 26.7 Å². The van der Waals surface area contributed by atoms with Crippen LogP contribution >= 0.6 is 0 Å². The molecule has 2 nitrogen and oxygen atoms in total. The van der Waals surface area contributed by atoms with Gasteiger partial charge in [0, 0.05) is 19.1 Å². The van der Waals surface area contributed by atoms with Gasteiger partial charge < -0.3 is 10.2 Å². The Morgan fingerprint density at radius 3 is 2.19 bits per heavy atom. The van der Waals surface area contributed by atoms with Crippen LogP contribution in [0.2, 0.25) is 0 Å². The molecule has 0 fully saturated rings. The molecule has 0 aliphatic carbocycles. The van der Waals surface area contributed by atoms with E-state index in [1.165, 1.54) is 6.07 Å². The van der Waals surface area contributed by atoms with E-state index >= 15 is 0 Å². The second-order valence-electron chi connectivity index (χ2n) is 6.73. The molecule has 0 spiro atoms. The Kier molecular flexibility index (Phi) is 7.91. The first-order valence-corrected chi connectivity index (χ1v) is 8.07. The maximum absolute atomic E-state index is 13.4. The van der Waals surface area contributed by atoms with Crippen LogP contribution < -0.4 is 5.32 Å². The van der Waals surface area contributed by atoms with E-state index in [1.807, 2.05) is 13.1 Å². The van der Waals surface area contributed by atoms with Crippen LogP contribution in [-0.4, -0.2) is 31.6 Å². The molecule has 1 rings (SSSR count). The number of rotatable bonds is 9. The minimum Gasteiger partial charge on any atom is -0.313 e. The molecular weight excluding hydrogens is 263 g/mol. The molecule has 0 aromatic heterocycles. The zero-order valence-electron chi connectivity index (χ0n) is 14.2. The van der Waals surface area contributed by atoms with Crippen molar-refractivity contribution in [1.82, 2.24) is 10.2 Å². The Morgan fingerprint density at radius 2 is 1.71 bits per heavy atom. The number of nitrogens with one attached hydrogen (secondary N) is 1. The molecule has 1 unspecified atom stereocenters. The minimum absolute atomic E-state index is 0.158. The van der Waals surface area contributed by atoms with Gasteiger partial charge in [0.05, 0.1) is 0 Å². The highest BCUT2D eigenvalue weighted by Crippen LogP contribution is 2.18. The zero-order valence-corrected chi connectivity index (χ0v) is 14.2. The Labute approximate surface area is 129 Å². The lowest BCUT2D eigenvalue weighted by Crippen LogP contribution is -2.34. The smallest absolute Gasteiger partial charge is 0.123 e. The molecule has 21 heavy (non-hydrogen) atoms. The third kappa shape index (κ3) is 7.05. The fourth-order valence-electron chi connectivity index (χ4n) is 2.80. The summed E-state index contributed by atoms with van der Waals surface area (Å²) in [6, 6.07) is 7.13. The van der Waals surface area contributed by atoms with Crippen LogP contribution in [0.3, 0.4) is 0 Å². The predicted molar refractivity (Wildman–Crippen MR) is 88.9 cm³/mol. The van der Waals surface area contributed by atoms with Gasteiger partial charge in [-0.05, 0) is 49.5 Å². The second-order valence-corrected chi connectivity index (χ2v) is 6.73. The summed E-state index contributed by atoms with van der Waals surface area (Å²) in [4.78, 5) is 2.53. The van der Waals surface area contributed by atoms with Gasteiger partial charge in [0.1, 0.15) is 5.82 Å². The van der Waals surface area contributed by atoms with Crippen molar-refractivity contribution in [3.63, 3.8) is 0 Å². The molecule has 0 heterocycles. The molecular formula is C18H31FN2. The first-order chi connectivity index (χ1) is 9.92. The number of benzene rings is 1. The molecule has 0 bridgehead atoms. The number of halogens is 1. The summed E-state index contributed by atoms with van der Waals surface area (Å²) in [5, 5.41) is 3.31. The molecule has 0 radical (unpaired) electrons. The molecule has 1 atom stereocenters. The van der Waals surface area contributed by atoms with Crippen LogP contribution in [0.5, 0.6) is 0 Å². The third-order valence-corrected chi connectivity index (χ3v) is 3.58. The Hall–Kier alpha value is -0.930. The van der Waals surface area contributed by atoms with E-state index in [0.29, 0.717) is 11.8 Å². The van der Waals surface area contributed by atoms with Crippen molar-refractivity contribution in [1.29, 1.82) is 0 Å². The van der Waals surface area contributed by atoms with Crippen LogP contribution in [0.25, 0.3) is 0 Å². The molecule has 1 aromatic carbocycles. The van der Waals surface area contributed by atoms with Gasteiger partial charge in [-0.1, -0.05) is 39.8 Å². The van der Waals surface area contributed by atoms with Gasteiger partial charge in [-0.2, -0.15) is 0 Å². The normalized spacial score (nSPS) is 13.4. The lowest BCUT2D eigenvalue weighted by atomic mass is 10.0. The van der Waals surface area contributed by atoms with Gasteiger partial charge in [0.15, 0.2) is 0 Å². The largest absolute Gasteiger partial charge is 0.313 e. The van der Waals surface area contributed by atoms with Crippen molar-refractivity contribution >= 4 is 0 Å². The molecule has 1 aromatic rings. The van der Waals surface area contributed by atoms with Crippen molar-refractivity contribution < 1.29 is 4.39 Å². The first kappa shape index (κ1) is 18.1. The highest BCUT2D eigenvalue weighted by atomic mass is 19.1. The first-order valence-electron chi connectivity index (χ1n) is 8.07. The topological polar surface area (TPSA) is 15.3 Å². The minimum atomic E-state index is -0.158. The SMILES string of the molecule is CNC(CCN(CC(C)C)CC(C)C)c1cccc(F)c1. The Morgan fingerprint density at radius 1 is 1.10 bits per heavy atom. The van der Waals surface area contributed by atoms with Crippen molar-refractivity contribution in [3.8, 4) is 0 Å². The monoisotopic (exact) mass is 294 g/mol. The van der Waals surface area contributed by atoms with E-state index in [0.717, 1.165) is 31.6 Å². The van der Waals surface area contributed by atoms with Gasteiger partial charge >= 0.3 is 0 Å². The molecule has 0 aliphatic heterocycles. The molecule has 120 valence electrons. The molecule has 0 saturated heterocycles. The summed E-state index contributed by atoms with van der Waals surface area (Å²) >= 11 is 0. The molecule has 0 aliphatic rings. The molecule has 0 amide bonds. The Balaban J connectivity index is 2.62. The van der Waals surface area contributed by atoms with Gasteiger partial charge in [0.25, 0.3) is 0 Å².